The molecule has 1 aromatic carbocycles. The zero-order valence-electron chi connectivity index (χ0n) is 14.5. The van der Waals surface area contributed by atoms with E-state index in [1.54, 1.807) is 31.9 Å². The Labute approximate surface area is 138 Å². The van der Waals surface area contributed by atoms with Crippen molar-refractivity contribution in [1.29, 1.82) is 0 Å². The van der Waals surface area contributed by atoms with Crippen LogP contribution in [0.1, 0.15) is 41.8 Å². The predicted octanol–water partition coefficient (Wildman–Crippen LogP) is 1.40. The third kappa shape index (κ3) is 5.02. The van der Waals surface area contributed by atoms with Crippen molar-refractivity contribution >= 4 is 15.9 Å². The topological polar surface area (TPSA) is 106 Å². The summed E-state index contributed by atoms with van der Waals surface area (Å²) < 4.78 is 23.4. The molecule has 1 atom stereocenters. The first-order valence-electron chi connectivity index (χ1n) is 7.60. The molecule has 23 heavy (non-hydrogen) atoms. The third-order valence-corrected chi connectivity index (χ3v) is 5.21. The summed E-state index contributed by atoms with van der Waals surface area (Å²) in [4.78, 5) is 14.1. The molecule has 0 heterocycles. The molecule has 0 aromatic heterocycles. The SMILES string of the molecule is Cc1cc(C(=O)N(C)CCC(N)C(C)C)cc(S(N)(=O)=O)c1C. The lowest BCUT2D eigenvalue weighted by Crippen LogP contribution is -2.34. The number of nitrogens with two attached hydrogens (primary N) is 2. The summed E-state index contributed by atoms with van der Waals surface area (Å²) in [6, 6.07) is 3.05. The molecule has 0 fully saturated rings. The number of aryl methyl sites for hydroxylation is 1. The molecule has 0 aliphatic heterocycles. The molecule has 130 valence electrons. The molecule has 1 rings (SSSR count). The molecule has 0 saturated carbocycles. The number of hydrogen-bond donors (Lipinski definition) is 2. The van der Waals surface area contributed by atoms with Gasteiger partial charge in [0.25, 0.3) is 5.91 Å². The van der Waals surface area contributed by atoms with Crippen molar-refractivity contribution in [2.24, 2.45) is 16.8 Å². The van der Waals surface area contributed by atoms with E-state index in [2.05, 4.69) is 0 Å². The van der Waals surface area contributed by atoms with Crippen LogP contribution in [0, 0.1) is 19.8 Å². The van der Waals surface area contributed by atoms with Gasteiger partial charge in [-0.05, 0) is 49.4 Å². The summed E-state index contributed by atoms with van der Waals surface area (Å²) in [6.07, 6.45) is 0.687. The monoisotopic (exact) mass is 341 g/mol. The summed E-state index contributed by atoms with van der Waals surface area (Å²) >= 11 is 0. The quantitative estimate of drug-likeness (QED) is 0.815. The first-order chi connectivity index (χ1) is 10.4. The fourth-order valence-corrected chi connectivity index (χ4v) is 3.12. The smallest absolute Gasteiger partial charge is 0.253 e. The van der Waals surface area contributed by atoms with E-state index in [1.807, 2.05) is 13.8 Å². The number of carbonyl (C=O) groups is 1. The second kappa shape index (κ2) is 7.42. The second-order valence-electron chi connectivity index (χ2n) is 6.38. The fraction of sp³-hybridized carbons (Fsp3) is 0.562. The van der Waals surface area contributed by atoms with Crippen molar-refractivity contribution in [2.45, 2.75) is 45.1 Å². The van der Waals surface area contributed by atoms with Crippen molar-refractivity contribution in [3.05, 3.63) is 28.8 Å². The van der Waals surface area contributed by atoms with Crippen molar-refractivity contribution in [3.63, 3.8) is 0 Å². The van der Waals surface area contributed by atoms with Crippen LogP contribution in [-0.2, 0) is 10.0 Å². The molecular weight excluding hydrogens is 314 g/mol. The van der Waals surface area contributed by atoms with Gasteiger partial charge >= 0.3 is 0 Å². The molecule has 0 spiro atoms. The van der Waals surface area contributed by atoms with Gasteiger partial charge in [-0.1, -0.05) is 13.8 Å². The van der Waals surface area contributed by atoms with Crippen LogP contribution in [0.5, 0.6) is 0 Å². The average Bonchev–Trinajstić information content (AvgIpc) is 2.44. The van der Waals surface area contributed by atoms with Crippen LogP contribution in [0.3, 0.4) is 0 Å². The lowest BCUT2D eigenvalue weighted by atomic mass is 10.0. The van der Waals surface area contributed by atoms with Gasteiger partial charge in [0.15, 0.2) is 0 Å². The number of rotatable bonds is 6. The highest BCUT2D eigenvalue weighted by Crippen LogP contribution is 2.21. The summed E-state index contributed by atoms with van der Waals surface area (Å²) in [6.45, 7) is 8.02. The minimum absolute atomic E-state index is 0.00636. The van der Waals surface area contributed by atoms with Crippen molar-refractivity contribution in [1.82, 2.24) is 4.90 Å². The lowest BCUT2D eigenvalue weighted by Gasteiger charge is -2.22. The largest absolute Gasteiger partial charge is 0.342 e. The highest BCUT2D eigenvalue weighted by Gasteiger charge is 2.20. The standard InChI is InChI=1S/C16H27N3O3S/c1-10(2)14(17)6-7-19(5)16(20)13-8-11(3)12(4)15(9-13)23(18,21)22/h8-10,14H,6-7,17H2,1-5H3,(H2,18,21,22). The van der Waals surface area contributed by atoms with Gasteiger partial charge in [-0.15, -0.1) is 0 Å². The highest BCUT2D eigenvalue weighted by atomic mass is 32.2. The summed E-state index contributed by atoms with van der Waals surface area (Å²) in [7, 11) is -2.18. The molecule has 0 bridgehead atoms. The molecule has 4 N–H and O–H groups in total. The number of benzene rings is 1. The van der Waals surface area contributed by atoms with Gasteiger partial charge in [-0.25, -0.2) is 13.6 Å². The van der Waals surface area contributed by atoms with Crippen LogP contribution in [0.2, 0.25) is 0 Å². The second-order valence-corrected chi connectivity index (χ2v) is 7.91. The summed E-state index contributed by atoms with van der Waals surface area (Å²) in [5.74, 6) is 0.100. The zero-order valence-corrected chi connectivity index (χ0v) is 15.3. The number of hydrogen-bond acceptors (Lipinski definition) is 4. The van der Waals surface area contributed by atoms with E-state index in [9.17, 15) is 13.2 Å². The average molecular weight is 341 g/mol. The Hall–Kier alpha value is -1.44. The maximum Gasteiger partial charge on any atom is 0.253 e. The van der Waals surface area contributed by atoms with Gasteiger partial charge in [0.1, 0.15) is 0 Å². The minimum atomic E-state index is -3.87. The molecule has 0 saturated heterocycles. The van der Waals surface area contributed by atoms with Crippen LogP contribution in [0.4, 0.5) is 0 Å². The van der Waals surface area contributed by atoms with E-state index < -0.39 is 10.0 Å². The van der Waals surface area contributed by atoms with E-state index in [1.165, 1.54) is 6.07 Å². The Morgan fingerprint density at radius 1 is 1.26 bits per heavy atom. The van der Waals surface area contributed by atoms with Crippen molar-refractivity contribution in [2.75, 3.05) is 13.6 Å². The van der Waals surface area contributed by atoms with Gasteiger partial charge in [0.2, 0.25) is 10.0 Å². The van der Waals surface area contributed by atoms with Crippen LogP contribution in [0.15, 0.2) is 17.0 Å². The third-order valence-electron chi connectivity index (χ3n) is 4.17. The predicted molar refractivity (Wildman–Crippen MR) is 91.7 cm³/mol. The minimum Gasteiger partial charge on any atom is -0.342 e. The summed E-state index contributed by atoms with van der Waals surface area (Å²) in [5, 5.41) is 5.23. The van der Waals surface area contributed by atoms with Crippen LogP contribution in [0.25, 0.3) is 0 Å². The Bertz CT molecular complexity index is 684. The van der Waals surface area contributed by atoms with Crippen LogP contribution in [-0.4, -0.2) is 38.9 Å². The van der Waals surface area contributed by atoms with Gasteiger partial charge in [-0.2, -0.15) is 0 Å². The van der Waals surface area contributed by atoms with Gasteiger partial charge in [0.05, 0.1) is 4.90 Å². The number of nitrogens with zero attached hydrogens (tertiary/aromatic N) is 1. The van der Waals surface area contributed by atoms with E-state index in [4.69, 9.17) is 10.9 Å². The Morgan fingerprint density at radius 3 is 2.30 bits per heavy atom. The first kappa shape index (κ1) is 19.6. The molecule has 1 amide bonds. The Balaban J connectivity index is 3.03. The van der Waals surface area contributed by atoms with E-state index in [0.29, 0.717) is 35.6 Å². The summed E-state index contributed by atoms with van der Waals surface area (Å²) in [5.41, 5.74) is 7.59. The Kier molecular flexibility index (Phi) is 6.33. The molecule has 6 nitrogen and oxygen atoms in total. The van der Waals surface area contributed by atoms with Gasteiger partial charge < -0.3 is 10.6 Å². The van der Waals surface area contributed by atoms with Crippen LogP contribution >= 0.6 is 0 Å². The lowest BCUT2D eigenvalue weighted by molar-refractivity contribution is 0.0789. The van der Waals surface area contributed by atoms with Gasteiger partial charge in [-0.3, -0.25) is 4.79 Å². The molecule has 0 aliphatic rings. The highest BCUT2D eigenvalue weighted by molar-refractivity contribution is 7.89. The van der Waals surface area contributed by atoms with E-state index in [0.717, 1.165) is 0 Å². The molecule has 1 aromatic rings. The number of primary sulfonamides is 1. The molecule has 7 heteroatoms. The molecule has 0 radical (unpaired) electrons. The van der Waals surface area contributed by atoms with Crippen molar-refractivity contribution in [3.8, 4) is 0 Å². The number of amides is 1. The molecule has 1 unspecified atom stereocenters. The molecular formula is C16H27N3O3S. The van der Waals surface area contributed by atoms with Crippen molar-refractivity contribution < 1.29 is 13.2 Å². The zero-order chi connectivity index (χ0) is 17.9. The van der Waals surface area contributed by atoms with Gasteiger partial charge in [0, 0.05) is 25.2 Å². The van der Waals surface area contributed by atoms with E-state index >= 15 is 0 Å². The fourth-order valence-electron chi connectivity index (χ4n) is 2.24. The number of carbonyl (C=O) groups excluding carboxylic acids is 1. The number of sulfonamides is 1. The first-order valence-corrected chi connectivity index (χ1v) is 9.14. The Morgan fingerprint density at radius 2 is 1.83 bits per heavy atom. The normalized spacial score (nSPS) is 13.2. The molecule has 0 aliphatic carbocycles. The maximum absolute atomic E-state index is 12.5. The van der Waals surface area contributed by atoms with Crippen LogP contribution < -0.4 is 10.9 Å². The van der Waals surface area contributed by atoms with E-state index in [-0.39, 0.29) is 16.8 Å². The maximum atomic E-state index is 12.5.